The fraction of sp³-hybridized carbons (Fsp3) is 0.867. The summed E-state index contributed by atoms with van der Waals surface area (Å²) in [5.41, 5.74) is -0.318. The van der Waals surface area contributed by atoms with Crippen molar-refractivity contribution in [2.24, 2.45) is 5.41 Å². The van der Waals surface area contributed by atoms with E-state index in [1.165, 1.54) is 0 Å². The van der Waals surface area contributed by atoms with E-state index in [4.69, 9.17) is 9.47 Å². The van der Waals surface area contributed by atoms with Crippen LogP contribution < -0.4 is 0 Å². The Labute approximate surface area is 111 Å². The normalized spacial score (nSPS) is 22.8. The lowest BCUT2D eigenvalue weighted by molar-refractivity contribution is -0.105. The van der Waals surface area contributed by atoms with E-state index in [0.717, 1.165) is 25.7 Å². The van der Waals surface area contributed by atoms with E-state index in [2.05, 4.69) is 13.8 Å². The Bertz CT molecular complexity index is 255. The van der Waals surface area contributed by atoms with Gasteiger partial charge in [-0.05, 0) is 51.0 Å². The fourth-order valence-electron chi connectivity index (χ4n) is 2.27. The van der Waals surface area contributed by atoms with Crippen LogP contribution in [0.15, 0.2) is 12.2 Å². The van der Waals surface area contributed by atoms with E-state index in [9.17, 15) is 5.11 Å². The third-order valence-electron chi connectivity index (χ3n) is 3.69. The molecule has 1 aliphatic rings. The Kier molecular flexibility index (Phi) is 5.83. The summed E-state index contributed by atoms with van der Waals surface area (Å²) < 4.78 is 10.9. The van der Waals surface area contributed by atoms with E-state index in [1.807, 2.05) is 26.0 Å². The molecule has 0 unspecified atom stereocenters. The van der Waals surface area contributed by atoms with Crippen molar-refractivity contribution in [3.05, 3.63) is 12.2 Å². The summed E-state index contributed by atoms with van der Waals surface area (Å²) in [6, 6.07) is 0. The van der Waals surface area contributed by atoms with E-state index in [-0.39, 0.29) is 6.29 Å². The van der Waals surface area contributed by atoms with Gasteiger partial charge in [-0.3, -0.25) is 0 Å². The minimum Gasteiger partial charge on any atom is -0.386 e. The molecule has 1 saturated carbocycles. The van der Waals surface area contributed by atoms with Gasteiger partial charge in [-0.25, -0.2) is 0 Å². The van der Waals surface area contributed by atoms with Crippen molar-refractivity contribution in [3.63, 3.8) is 0 Å². The summed E-state index contributed by atoms with van der Waals surface area (Å²) in [5.74, 6) is 0. The SMILES string of the molecule is CCOC(/C=C/C1(O)CCC(C)(C)CC1)OCC. The molecule has 0 radical (unpaired) electrons. The summed E-state index contributed by atoms with van der Waals surface area (Å²) in [6.07, 6.45) is 7.15. The Hall–Kier alpha value is -0.380. The molecule has 1 fully saturated rings. The van der Waals surface area contributed by atoms with Crippen LogP contribution >= 0.6 is 0 Å². The molecule has 0 aromatic carbocycles. The first kappa shape index (κ1) is 15.7. The van der Waals surface area contributed by atoms with Crippen molar-refractivity contribution >= 4 is 0 Å². The van der Waals surface area contributed by atoms with Crippen molar-refractivity contribution in [2.75, 3.05) is 13.2 Å². The van der Waals surface area contributed by atoms with Gasteiger partial charge in [0.05, 0.1) is 5.60 Å². The third-order valence-corrected chi connectivity index (χ3v) is 3.69. The first-order valence-corrected chi connectivity index (χ1v) is 7.06. The maximum atomic E-state index is 10.5. The van der Waals surface area contributed by atoms with Crippen LogP contribution in [0.3, 0.4) is 0 Å². The molecular weight excluding hydrogens is 228 g/mol. The predicted octanol–water partition coefficient (Wildman–Crippen LogP) is 3.27. The molecule has 106 valence electrons. The molecule has 0 amide bonds. The van der Waals surface area contributed by atoms with Crippen LogP contribution in [0.4, 0.5) is 0 Å². The highest BCUT2D eigenvalue weighted by atomic mass is 16.7. The van der Waals surface area contributed by atoms with Crippen LogP contribution in [0.1, 0.15) is 53.4 Å². The van der Waals surface area contributed by atoms with Gasteiger partial charge in [0, 0.05) is 13.2 Å². The summed E-state index contributed by atoms with van der Waals surface area (Å²) in [4.78, 5) is 0. The molecule has 0 heterocycles. The van der Waals surface area contributed by atoms with E-state index in [0.29, 0.717) is 18.6 Å². The average Bonchev–Trinajstić information content (AvgIpc) is 2.32. The maximum Gasteiger partial charge on any atom is 0.176 e. The Morgan fingerprint density at radius 1 is 1.06 bits per heavy atom. The first-order valence-electron chi connectivity index (χ1n) is 7.06. The molecule has 3 nitrogen and oxygen atoms in total. The van der Waals surface area contributed by atoms with Gasteiger partial charge in [0.1, 0.15) is 0 Å². The first-order chi connectivity index (χ1) is 8.41. The van der Waals surface area contributed by atoms with Crippen molar-refractivity contribution in [2.45, 2.75) is 65.3 Å². The minimum absolute atomic E-state index is 0.334. The van der Waals surface area contributed by atoms with Crippen LogP contribution in [-0.2, 0) is 9.47 Å². The molecule has 0 aromatic heterocycles. The zero-order chi connectivity index (χ0) is 13.6. The average molecular weight is 256 g/mol. The number of hydrogen-bond acceptors (Lipinski definition) is 3. The molecule has 0 atom stereocenters. The van der Waals surface area contributed by atoms with Gasteiger partial charge in [0.25, 0.3) is 0 Å². The highest BCUT2D eigenvalue weighted by molar-refractivity contribution is 5.05. The number of rotatable bonds is 6. The van der Waals surface area contributed by atoms with Crippen LogP contribution in [0.25, 0.3) is 0 Å². The summed E-state index contributed by atoms with van der Waals surface area (Å²) in [6.45, 7) is 9.63. The molecule has 1 rings (SSSR count). The van der Waals surface area contributed by atoms with Gasteiger partial charge < -0.3 is 14.6 Å². The molecular formula is C15H28O3. The minimum atomic E-state index is -0.679. The van der Waals surface area contributed by atoms with E-state index < -0.39 is 5.60 Å². The van der Waals surface area contributed by atoms with Crippen LogP contribution in [0, 0.1) is 5.41 Å². The Balaban J connectivity index is 2.53. The van der Waals surface area contributed by atoms with Gasteiger partial charge in [-0.15, -0.1) is 0 Å². The molecule has 3 heteroatoms. The lowest BCUT2D eigenvalue weighted by Gasteiger charge is -2.38. The summed E-state index contributed by atoms with van der Waals surface area (Å²) in [5, 5.41) is 10.5. The van der Waals surface area contributed by atoms with Gasteiger partial charge in [-0.2, -0.15) is 0 Å². The number of ether oxygens (including phenoxy) is 2. The zero-order valence-corrected chi connectivity index (χ0v) is 12.2. The summed E-state index contributed by atoms with van der Waals surface area (Å²) >= 11 is 0. The van der Waals surface area contributed by atoms with E-state index in [1.54, 1.807) is 0 Å². The number of aliphatic hydroxyl groups is 1. The molecule has 0 saturated heterocycles. The molecule has 0 bridgehead atoms. The van der Waals surface area contributed by atoms with Crippen molar-refractivity contribution in [1.29, 1.82) is 0 Å². The largest absolute Gasteiger partial charge is 0.386 e. The molecule has 1 N–H and O–H groups in total. The second-order valence-corrected chi connectivity index (χ2v) is 5.91. The lowest BCUT2D eigenvalue weighted by atomic mass is 9.71. The quantitative estimate of drug-likeness (QED) is 0.585. The number of hydrogen-bond donors (Lipinski definition) is 1. The summed E-state index contributed by atoms with van der Waals surface area (Å²) in [7, 11) is 0. The van der Waals surface area contributed by atoms with Gasteiger partial charge in [-0.1, -0.05) is 19.9 Å². The van der Waals surface area contributed by atoms with Crippen LogP contribution in [-0.4, -0.2) is 30.2 Å². The molecule has 18 heavy (non-hydrogen) atoms. The standard InChI is InChI=1S/C15H28O3/c1-5-17-13(18-6-2)7-8-15(16)11-9-14(3,4)10-12-15/h7-8,13,16H,5-6,9-12H2,1-4H3/b8-7+. The zero-order valence-electron chi connectivity index (χ0n) is 12.2. The van der Waals surface area contributed by atoms with Gasteiger partial charge in [0.2, 0.25) is 0 Å². The van der Waals surface area contributed by atoms with Crippen molar-refractivity contribution in [1.82, 2.24) is 0 Å². The second-order valence-electron chi connectivity index (χ2n) is 5.91. The van der Waals surface area contributed by atoms with Crippen molar-refractivity contribution < 1.29 is 14.6 Å². The molecule has 0 aromatic rings. The van der Waals surface area contributed by atoms with Crippen LogP contribution in [0.2, 0.25) is 0 Å². The predicted molar refractivity (Wildman–Crippen MR) is 73.4 cm³/mol. The lowest BCUT2D eigenvalue weighted by Crippen LogP contribution is -2.35. The Morgan fingerprint density at radius 3 is 2.00 bits per heavy atom. The highest BCUT2D eigenvalue weighted by Crippen LogP contribution is 2.40. The van der Waals surface area contributed by atoms with Gasteiger partial charge in [0.15, 0.2) is 6.29 Å². The highest BCUT2D eigenvalue weighted by Gasteiger charge is 2.34. The molecule has 1 aliphatic carbocycles. The van der Waals surface area contributed by atoms with Gasteiger partial charge >= 0.3 is 0 Å². The monoisotopic (exact) mass is 256 g/mol. The van der Waals surface area contributed by atoms with Crippen LogP contribution in [0.5, 0.6) is 0 Å². The smallest absolute Gasteiger partial charge is 0.176 e. The molecule has 0 aliphatic heterocycles. The Morgan fingerprint density at radius 2 is 1.56 bits per heavy atom. The fourth-order valence-corrected chi connectivity index (χ4v) is 2.27. The third kappa shape index (κ3) is 5.09. The van der Waals surface area contributed by atoms with Crippen molar-refractivity contribution in [3.8, 4) is 0 Å². The topological polar surface area (TPSA) is 38.7 Å². The van der Waals surface area contributed by atoms with E-state index >= 15 is 0 Å². The molecule has 0 spiro atoms. The maximum absolute atomic E-state index is 10.5. The second kappa shape index (κ2) is 6.69.